The zero-order valence-corrected chi connectivity index (χ0v) is 7.10. The predicted octanol–water partition coefficient (Wildman–Crippen LogP) is 1.20. The Morgan fingerprint density at radius 3 is 2.85 bits per heavy atom. The number of nitro groups is 1. The Hall–Kier alpha value is -1.91. The average Bonchev–Trinajstić information content (AvgIpc) is 2.08. The van der Waals surface area contributed by atoms with Crippen molar-refractivity contribution in [2.24, 2.45) is 10.9 Å². The maximum Gasteiger partial charge on any atom is 0.272 e. The number of hydrazone groups is 1. The van der Waals surface area contributed by atoms with Crippen LogP contribution in [0.1, 0.15) is 11.1 Å². The number of nitrogens with two attached hydrogens (primary N) is 1. The van der Waals surface area contributed by atoms with Gasteiger partial charge in [-0.25, -0.2) is 0 Å². The number of nitrogens with zero attached hydrogens (tertiary/aromatic N) is 2. The Kier molecular flexibility index (Phi) is 2.59. The molecule has 1 aromatic carbocycles. The fourth-order valence-electron chi connectivity index (χ4n) is 0.989. The highest BCUT2D eigenvalue weighted by molar-refractivity contribution is 5.80. The van der Waals surface area contributed by atoms with Gasteiger partial charge in [0.05, 0.1) is 11.1 Å². The van der Waals surface area contributed by atoms with Crippen LogP contribution in [0.25, 0.3) is 0 Å². The summed E-state index contributed by atoms with van der Waals surface area (Å²) in [4.78, 5) is 10.1. The van der Waals surface area contributed by atoms with Crippen LogP contribution in [-0.4, -0.2) is 11.1 Å². The predicted molar refractivity (Wildman–Crippen MR) is 49.6 cm³/mol. The smallest absolute Gasteiger partial charge is 0.272 e. The lowest BCUT2D eigenvalue weighted by atomic mass is 10.1. The topological polar surface area (TPSA) is 81.5 Å². The molecule has 0 amide bonds. The molecule has 5 heteroatoms. The zero-order valence-electron chi connectivity index (χ0n) is 7.10. The fraction of sp³-hybridized carbons (Fsp3) is 0.125. The summed E-state index contributed by atoms with van der Waals surface area (Å²) in [6.45, 7) is 1.68. The summed E-state index contributed by atoms with van der Waals surface area (Å²) in [5.41, 5.74) is 1.33. The van der Waals surface area contributed by atoms with E-state index >= 15 is 0 Å². The fourth-order valence-corrected chi connectivity index (χ4v) is 0.989. The van der Waals surface area contributed by atoms with Crippen molar-refractivity contribution in [1.82, 2.24) is 0 Å². The van der Waals surface area contributed by atoms with Crippen LogP contribution in [0.5, 0.6) is 0 Å². The van der Waals surface area contributed by atoms with Gasteiger partial charge in [0.1, 0.15) is 0 Å². The minimum atomic E-state index is -0.427. The highest BCUT2D eigenvalue weighted by Crippen LogP contribution is 2.17. The summed E-state index contributed by atoms with van der Waals surface area (Å²) in [6.07, 6.45) is 1.37. The van der Waals surface area contributed by atoms with Crippen LogP contribution >= 0.6 is 0 Å². The molecule has 0 unspecified atom stereocenters. The maximum atomic E-state index is 10.5. The summed E-state index contributed by atoms with van der Waals surface area (Å²) in [5.74, 6) is 4.92. The van der Waals surface area contributed by atoms with E-state index in [2.05, 4.69) is 5.10 Å². The van der Waals surface area contributed by atoms with Gasteiger partial charge >= 0.3 is 0 Å². The van der Waals surface area contributed by atoms with E-state index in [9.17, 15) is 10.1 Å². The summed E-state index contributed by atoms with van der Waals surface area (Å²) >= 11 is 0. The monoisotopic (exact) mass is 179 g/mol. The lowest BCUT2D eigenvalue weighted by molar-refractivity contribution is -0.385. The summed E-state index contributed by atoms with van der Waals surface area (Å²) in [5, 5.41) is 13.8. The molecule has 0 aromatic heterocycles. The van der Waals surface area contributed by atoms with E-state index in [0.717, 1.165) is 0 Å². The van der Waals surface area contributed by atoms with Crippen molar-refractivity contribution in [3.63, 3.8) is 0 Å². The number of aryl methyl sites for hydroxylation is 1. The first-order valence-electron chi connectivity index (χ1n) is 3.63. The molecule has 1 rings (SSSR count). The molecule has 0 fully saturated rings. The van der Waals surface area contributed by atoms with Gasteiger partial charge in [0.25, 0.3) is 5.69 Å². The molecule has 1 aromatic rings. The molecule has 0 aliphatic heterocycles. The van der Waals surface area contributed by atoms with E-state index in [1.54, 1.807) is 19.1 Å². The molecule has 0 saturated heterocycles. The van der Waals surface area contributed by atoms with Crippen LogP contribution in [0.4, 0.5) is 5.69 Å². The lowest BCUT2D eigenvalue weighted by Gasteiger charge is -1.97. The van der Waals surface area contributed by atoms with Gasteiger partial charge in [-0.05, 0) is 6.92 Å². The van der Waals surface area contributed by atoms with Gasteiger partial charge < -0.3 is 5.84 Å². The minimum absolute atomic E-state index is 0.0809. The third kappa shape index (κ3) is 2.02. The molecule has 13 heavy (non-hydrogen) atoms. The first-order chi connectivity index (χ1) is 6.15. The summed E-state index contributed by atoms with van der Waals surface area (Å²) in [6, 6.07) is 4.82. The number of nitro benzene ring substituents is 1. The van der Waals surface area contributed by atoms with Crippen molar-refractivity contribution in [2.75, 3.05) is 0 Å². The van der Waals surface area contributed by atoms with Crippen molar-refractivity contribution in [3.8, 4) is 0 Å². The average molecular weight is 179 g/mol. The Balaban J connectivity index is 3.18. The van der Waals surface area contributed by atoms with E-state index in [1.165, 1.54) is 12.3 Å². The third-order valence-corrected chi connectivity index (χ3v) is 1.65. The summed E-state index contributed by atoms with van der Waals surface area (Å²) < 4.78 is 0. The molecule has 5 nitrogen and oxygen atoms in total. The second-order valence-corrected chi connectivity index (χ2v) is 2.58. The quantitative estimate of drug-likeness (QED) is 0.320. The number of hydrogen-bond acceptors (Lipinski definition) is 4. The molecule has 2 N–H and O–H groups in total. The van der Waals surface area contributed by atoms with Gasteiger partial charge in [-0.1, -0.05) is 12.1 Å². The molecule has 0 atom stereocenters. The minimum Gasteiger partial charge on any atom is -0.323 e. The third-order valence-electron chi connectivity index (χ3n) is 1.65. The molecule has 68 valence electrons. The van der Waals surface area contributed by atoms with Gasteiger partial charge in [-0.3, -0.25) is 10.1 Å². The number of hydrogen-bond donors (Lipinski definition) is 1. The van der Waals surface area contributed by atoms with E-state index in [1.807, 2.05) is 0 Å². The van der Waals surface area contributed by atoms with Gasteiger partial charge in [-0.2, -0.15) is 5.10 Å². The van der Waals surface area contributed by atoms with E-state index in [4.69, 9.17) is 5.84 Å². The molecule has 0 heterocycles. The highest BCUT2D eigenvalue weighted by atomic mass is 16.6. The Morgan fingerprint density at radius 1 is 1.62 bits per heavy atom. The van der Waals surface area contributed by atoms with Crippen LogP contribution in [0.15, 0.2) is 23.3 Å². The molecule has 0 bridgehead atoms. The molecule has 0 aliphatic carbocycles. The second-order valence-electron chi connectivity index (χ2n) is 2.58. The molecular formula is C8H9N3O2. The summed E-state index contributed by atoms with van der Waals surface area (Å²) in [7, 11) is 0. The van der Waals surface area contributed by atoms with Crippen molar-refractivity contribution >= 4 is 11.9 Å². The molecule has 0 radical (unpaired) electrons. The molecule has 0 spiro atoms. The van der Waals surface area contributed by atoms with Gasteiger partial charge in [-0.15, -0.1) is 0 Å². The standard InChI is InChI=1S/C8H9N3O2/c1-6-2-3-7(5-10-9)4-8(6)11(12)13/h2-5H,9H2,1H3. The first kappa shape index (κ1) is 9.18. The van der Waals surface area contributed by atoms with Crippen LogP contribution in [0.2, 0.25) is 0 Å². The highest BCUT2D eigenvalue weighted by Gasteiger charge is 2.09. The van der Waals surface area contributed by atoms with Crippen molar-refractivity contribution < 1.29 is 4.92 Å². The van der Waals surface area contributed by atoms with Gasteiger partial charge in [0, 0.05) is 17.2 Å². The number of benzene rings is 1. The molecule has 0 saturated carbocycles. The number of rotatable bonds is 2. The zero-order chi connectivity index (χ0) is 9.84. The molecule has 0 aliphatic rings. The lowest BCUT2D eigenvalue weighted by Crippen LogP contribution is -1.94. The Bertz CT molecular complexity index is 360. The van der Waals surface area contributed by atoms with Crippen molar-refractivity contribution in [1.29, 1.82) is 0 Å². The van der Waals surface area contributed by atoms with E-state index in [0.29, 0.717) is 11.1 Å². The van der Waals surface area contributed by atoms with Crippen LogP contribution in [-0.2, 0) is 0 Å². The van der Waals surface area contributed by atoms with Gasteiger partial charge in [0.2, 0.25) is 0 Å². The Labute approximate surface area is 75.0 Å². The molecular weight excluding hydrogens is 170 g/mol. The van der Waals surface area contributed by atoms with Gasteiger partial charge in [0.15, 0.2) is 0 Å². The van der Waals surface area contributed by atoms with Crippen molar-refractivity contribution in [2.45, 2.75) is 6.92 Å². The van der Waals surface area contributed by atoms with Crippen LogP contribution < -0.4 is 5.84 Å². The van der Waals surface area contributed by atoms with Crippen molar-refractivity contribution in [3.05, 3.63) is 39.4 Å². The Morgan fingerprint density at radius 2 is 2.31 bits per heavy atom. The largest absolute Gasteiger partial charge is 0.323 e. The maximum absolute atomic E-state index is 10.5. The first-order valence-corrected chi connectivity index (χ1v) is 3.63. The SMILES string of the molecule is Cc1ccc(C=NN)cc1[N+](=O)[O-]. The van der Waals surface area contributed by atoms with E-state index in [-0.39, 0.29) is 5.69 Å². The second kappa shape index (κ2) is 3.66. The van der Waals surface area contributed by atoms with Crippen LogP contribution in [0.3, 0.4) is 0 Å². The van der Waals surface area contributed by atoms with E-state index < -0.39 is 4.92 Å². The van der Waals surface area contributed by atoms with Crippen LogP contribution in [0, 0.1) is 17.0 Å². The normalized spacial score (nSPS) is 10.5.